The topological polar surface area (TPSA) is 94.7 Å². The first-order valence-electron chi connectivity index (χ1n) is 7.88. The van der Waals surface area contributed by atoms with E-state index in [1.165, 1.54) is 11.3 Å². The molecule has 0 bridgehead atoms. The minimum absolute atomic E-state index is 0.290. The number of carboxylic acids is 1. The van der Waals surface area contributed by atoms with Crippen LogP contribution in [0.15, 0.2) is 17.5 Å². The summed E-state index contributed by atoms with van der Waals surface area (Å²) in [6.45, 7) is 6.49. The minimum atomic E-state index is -4.00. The van der Waals surface area contributed by atoms with Gasteiger partial charge in [0.05, 0.1) is 26.8 Å². The van der Waals surface area contributed by atoms with Crippen LogP contribution >= 0.6 is 11.3 Å². The van der Waals surface area contributed by atoms with Gasteiger partial charge in [-0.1, -0.05) is 0 Å². The Morgan fingerprint density at radius 1 is 1.36 bits per heavy atom. The monoisotopic (exact) mass is 382 g/mol. The summed E-state index contributed by atoms with van der Waals surface area (Å²) in [7, 11) is -4.00. The summed E-state index contributed by atoms with van der Waals surface area (Å²) in [4.78, 5) is 11.7. The van der Waals surface area contributed by atoms with E-state index in [9.17, 15) is 18.3 Å². The smallest absolute Gasteiger partial charge is 0.337 e. The molecule has 1 aliphatic rings. The molecule has 1 aliphatic heterocycles. The van der Waals surface area contributed by atoms with Gasteiger partial charge in [-0.25, -0.2) is 4.79 Å². The lowest BCUT2D eigenvalue weighted by molar-refractivity contribution is -0.437. The van der Waals surface area contributed by atoms with Gasteiger partial charge in [-0.15, -0.1) is 11.3 Å². The number of thiophene rings is 1. The second-order valence-electron chi connectivity index (χ2n) is 6.79. The van der Waals surface area contributed by atoms with E-state index in [2.05, 4.69) is 4.58 Å². The van der Waals surface area contributed by atoms with Crippen molar-refractivity contribution in [2.75, 3.05) is 12.3 Å². The lowest BCUT2D eigenvalue weighted by Crippen LogP contribution is -2.27. The normalized spacial score (nSPS) is 16.5. The number of rotatable bonds is 5. The van der Waals surface area contributed by atoms with E-state index >= 15 is 0 Å². The Morgan fingerprint density at radius 3 is 2.64 bits per heavy atom. The number of hydrogen-bond donors (Lipinski definition) is 2. The number of fused-ring (bicyclic) bond motifs is 3. The Morgan fingerprint density at radius 2 is 2.04 bits per heavy atom. The van der Waals surface area contributed by atoms with Crippen LogP contribution in [0.4, 0.5) is 5.69 Å². The number of carboxylic acid groups (broad SMARTS) is 1. The number of carbonyl (C=O) groups is 1. The average molecular weight is 382 g/mol. The molecule has 0 unspecified atom stereocenters. The Bertz CT molecular complexity index is 1020. The molecule has 25 heavy (non-hydrogen) atoms. The van der Waals surface area contributed by atoms with Crippen molar-refractivity contribution in [3.05, 3.63) is 28.6 Å². The molecular formula is C17H20NO5S2+. The number of nitrogens with zero attached hydrogens (tertiary/aromatic N) is 1. The van der Waals surface area contributed by atoms with Gasteiger partial charge < -0.3 is 5.11 Å². The number of aromatic carboxylic acids is 1. The van der Waals surface area contributed by atoms with Crippen molar-refractivity contribution in [1.29, 1.82) is 0 Å². The molecule has 0 spiro atoms. The van der Waals surface area contributed by atoms with Crippen molar-refractivity contribution in [2.45, 2.75) is 32.6 Å². The first kappa shape index (κ1) is 18.0. The van der Waals surface area contributed by atoms with Gasteiger partial charge in [0.1, 0.15) is 6.54 Å². The molecule has 2 aromatic rings. The first-order valence-corrected chi connectivity index (χ1v) is 10.4. The summed E-state index contributed by atoms with van der Waals surface area (Å²) < 4.78 is 33.8. The van der Waals surface area contributed by atoms with E-state index in [4.69, 9.17) is 4.55 Å². The maximum atomic E-state index is 11.7. The highest BCUT2D eigenvalue weighted by Gasteiger charge is 2.45. The van der Waals surface area contributed by atoms with Gasteiger partial charge >= 0.3 is 5.97 Å². The third-order valence-electron chi connectivity index (χ3n) is 4.98. The standard InChI is InChI=1S/C17H19NO5S2/c1-10-17(2,3)13-9-12(16(19)20)15-11(5-7-24-15)14(13)18(10)6-4-8-25(21,22)23/h5,7,9H,4,6,8H2,1-3H3,(H-,19,20,21,22,23)/p+1. The molecule has 0 atom stereocenters. The lowest BCUT2D eigenvalue weighted by atomic mass is 9.81. The van der Waals surface area contributed by atoms with E-state index in [1.807, 2.05) is 32.2 Å². The molecule has 6 nitrogen and oxygen atoms in total. The number of hydrogen-bond acceptors (Lipinski definition) is 4. The lowest BCUT2D eigenvalue weighted by Gasteiger charge is -2.15. The van der Waals surface area contributed by atoms with Gasteiger partial charge in [0.25, 0.3) is 10.1 Å². The zero-order valence-electron chi connectivity index (χ0n) is 14.2. The van der Waals surface area contributed by atoms with E-state index in [0.717, 1.165) is 27.0 Å². The van der Waals surface area contributed by atoms with Crippen molar-refractivity contribution in [2.24, 2.45) is 0 Å². The summed E-state index contributed by atoms with van der Waals surface area (Å²) in [5, 5.41) is 12.3. The second-order valence-corrected chi connectivity index (χ2v) is 9.28. The van der Waals surface area contributed by atoms with Gasteiger partial charge in [-0.3, -0.25) is 4.55 Å². The highest BCUT2D eigenvalue weighted by molar-refractivity contribution is 7.85. The maximum absolute atomic E-state index is 11.7. The predicted molar refractivity (Wildman–Crippen MR) is 98.3 cm³/mol. The minimum Gasteiger partial charge on any atom is -0.478 e. The van der Waals surface area contributed by atoms with Gasteiger partial charge in [0.15, 0.2) is 5.71 Å². The molecule has 1 aromatic carbocycles. The largest absolute Gasteiger partial charge is 0.478 e. The van der Waals surface area contributed by atoms with Crippen LogP contribution in [0.2, 0.25) is 0 Å². The van der Waals surface area contributed by atoms with Crippen LogP contribution in [0.25, 0.3) is 10.1 Å². The molecule has 2 N–H and O–H groups in total. The van der Waals surface area contributed by atoms with Crippen LogP contribution < -0.4 is 0 Å². The Labute approximate surface area is 150 Å². The molecule has 2 heterocycles. The summed E-state index contributed by atoms with van der Waals surface area (Å²) in [6, 6.07) is 3.65. The maximum Gasteiger partial charge on any atom is 0.337 e. The van der Waals surface area contributed by atoms with Crippen LogP contribution in [-0.4, -0.2) is 46.6 Å². The van der Waals surface area contributed by atoms with Crippen LogP contribution in [-0.2, 0) is 15.5 Å². The van der Waals surface area contributed by atoms with E-state index < -0.39 is 16.1 Å². The highest BCUT2D eigenvalue weighted by atomic mass is 32.2. The average Bonchev–Trinajstić information content (AvgIpc) is 3.03. The van der Waals surface area contributed by atoms with Gasteiger partial charge in [0.2, 0.25) is 5.69 Å². The van der Waals surface area contributed by atoms with Crippen molar-refractivity contribution >= 4 is 48.9 Å². The van der Waals surface area contributed by atoms with Crippen LogP contribution in [0.3, 0.4) is 0 Å². The van der Waals surface area contributed by atoms with Crippen LogP contribution in [0, 0.1) is 0 Å². The summed E-state index contributed by atoms with van der Waals surface area (Å²) >= 11 is 1.39. The van der Waals surface area contributed by atoms with Gasteiger partial charge in [0, 0.05) is 18.9 Å². The molecule has 0 saturated carbocycles. The zero-order chi connectivity index (χ0) is 18.6. The van der Waals surface area contributed by atoms with Crippen molar-refractivity contribution < 1.29 is 27.4 Å². The molecule has 0 aliphatic carbocycles. The Kier molecular flexibility index (Phi) is 4.25. The van der Waals surface area contributed by atoms with Crippen LogP contribution in [0.1, 0.15) is 43.1 Å². The number of benzene rings is 1. The Balaban J connectivity index is 2.17. The molecule has 8 heteroatoms. The van der Waals surface area contributed by atoms with Crippen molar-refractivity contribution in [1.82, 2.24) is 0 Å². The van der Waals surface area contributed by atoms with E-state index in [-0.39, 0.29) is 17.6 Å². The summed E-state index contributed by atoms with van der Waals surface area (Å²) in [5.74, 6) is -1.25. The third-order valence-corrected chi connectivity index (χ3v) is 6.73. The van der Waals surface area contributed by atoms with Gasteiger partial charge in [-0.05, 0) is 31.4 Å². The highest BCUT2D eigenvalue weighted by Crippen LogP contribution is 2.46. The third kappa shape index (κ3) is 2.98. The molecule has 134 valence electrons. The molecule has 3 rings (SSSR count). The second kappa shape index (κ2) is 5.89. The SMILES string of the molecule is CC1=[N+](CCCS(=O)(=O)O)c2c(cc(C(=O)O)c3sccc23)C1(C)C. The fraction of sp³-hybridized carbons (Fsp3) is 0.412. The van der Waals surface area contributed by atoms with Crippen LogP contribution in [0.5, 0.6) is 0 Å². The Hall–Kier alpha value is -1.77. The van der Waals surface area contributed by atoms with E-state index in [1.54, 1.807) is 6.07 Å². The van der Waals surface area contributed by atoms with Crippen molar-refractivity contribution in [3.8, 4) is 0 Å². The molecule has 0 radical (unpaired) electrons. The van der Waals surface area contributed by atoms with Gasteiger partial charge in [-0.2, -0.15) is 13.0 Å². The molecule has 0 fully saturated rings. The summed E-state index contributed by atoms with van der Waals surface area (Å²) in [6.07, 6.45) is 0.290. The quantitative estimate of drug-likeness (QED) is 0.611. The molecule has 0 saturated heterocycles. The fourth-order valence-corrected chi connectivity index (χ4v) is 4.84. The molecule has 1 aromatic heterocycles. The molecule has 0 amide bonds. The zero-order valence-corrected chi connectivity index (χ0v) is 15.9. The van der Waals surface area contributed by atoms with E-state index in [0.29, 0.717) is 12.1 Å². The summed E-state index contributed by atoms with van der Waals surface area (Å²) in [5.41, 5.74) is 2.85. The molecular weight excluding hydrogens is 362 g/mol. The first-order chi connectivity index (χ1) is 11.5. The van der Waals surface area contributed by atoms with Crippen molar-refractivity contribution in [3.63, 3.8) is 0 Å². The fourth-order valence-electron chi connectivity index (χ4n) is 3.44. The predicted octanol–water partition coefficient (Wildman–Crippen LogP) is 3.27.